The summed E-state index contributed by atoms with van der Waals surface area (Å²) in [6.07, 6.45) is -4.54. The standard InChI is InChI=1S/C24H29F3N4O2/c1-17(19-8-4-3-5-9-19)28-23(33)18(2)31-14-12-30(13-15-31)16-22(32)29-21-11-7-6-10-20(21)24(25,26)27/h3-11,17-18H,12-16H2,1-2H3,(H,28,33)(H,29,32). The average molecular weight is 463 g/mol. The zero-order chi connectivity index (χ0) is 24.0. The topological polar surface area (TPSA) is 64.7 Å². The molecule has 178 valence electrons. The van der Waals surface area contributed by atoms with E-state index in [1.54, 1.807) is 0 Å². The van der Waals surface area contributed by atoms with Crippen LogP contribution in [0, 0.1) is 0 Å². The summed E-state index contributed by atoms with van der Waals surface area (Å²) in [5, 5.41) is 5.41. The van der Waals surface area contributed by atoms with E-state index in [1.165, 1.54) is 18.2 Å². The molecule has 3 rings (SSSR count). The van der Waals surface area contributed by atoms with Gasteiger partial charge >= 0.3 is 6.18 Å². The molecule has 0 bridgehead atoms. The highest BCUT2D eigenvalue weighted by Gasteiger charge is 2.34. The summed E-state index contributed by atoms with van der Waals surface area (Å²) in [6, 6.07) is 14.2. The van der Waals surface area contributed by atoms with Gasteiger partial charge in [0.15, 0.2) is 0 Å². The molecule has 1 fully saturated rings. The molecule has 2 aromatic carbocycles. The molecule has 33 heavy (non-hydrogen) atoms. The zero-order valence-corrected chi connectivity index (χ0v) is 18.7. The number of hydrogen-bond acceptors (Lipinski definition) is 4. The van der Waals surface area contributed by atoms with Crippen LogP contribution in [0.1, 0.15) is 31.0 Å². The first-order valence-electron chi connectivity index (χ1n) is 10.9. The van der Waals surface area contributed by atoms with Crippen LogP contribution in [-0.2, 0) is 15.8 Å². The minimum Gasteiger partial charge on any atom is -0.348 e. The molecular formula is C24H29F3N4O2. The molecule has 1 aliphatic rings. The second kappa shape index (κ2) is 10.8. The Bertz CT molecular complexity index is 944. The fourth-order valence-electron chi connectivity index (χ4n) is 3.87. The number of amides is 2. The average Bonchev–Trinajstić information content (AvgIpc) is 2.79. The van der Waals surface area contributed by atoms with E-state index < -0.39 is 17.6 Å². The van der Waals surface area contributed by atoms with E-state index in [2.05, 4.69) is 10.6 Å². The minimum atomic E-state index is -4.54. The van der Waals surface area contributed by atoms with Crippen LogP contribution in [0.3, 0.4) is 0 Å². The van der Waals surface area contributed by atoms with Crippen LogP contribution >= 0.6 is 0 Å². The van der Waals surface area contributed by atoms with Gasteiger partial charge in [0.05, 0.1) is 29.9 Å². The molecular weight excluding hydrogens is 433 g/mol. The lowest BCUT2D eigenvalue weighted by Crippen LogP contribution is -2.55. The Morgan fingerprint density at radius 3 is 2.18 bits per heavy atom. The number of benzene rings is 2. The summed E-state index contributed by atoms with van der Waals surface area (Å²) in [7, 11) is 0. The number of hydrogen-bond donors (Lipinski definition) is 2. The normalized spacial score (nSPS) is 17.2. The second-order valence-electron chi connectivity index (χ2n) is 8.22. The molecule has 0 spiro atoms. The number of nitrogens with one attached hydrogen (secondary N) is 2. The largest absolute Gasteiger partial charge is 0.418 e. The molecule has 1 heterocycles. The van der Waals surface area contributed by atoms with E-state index in [0.29, 0.717) is 26.2 Å². The number of halogens is 3. The van der Waals surface area contributed by atoms with Crippen LogP contribution in [-0.4, -0.2) is 60.4 Å². The van der Waals surface area contributed by atoms with Crippen molar-refractivity contribution in [2.75, 3.05) is 38.0 Å². The SMILES string of the molecule is CC(NC(=O)C(C)N1CCN(CC(=O)Nc2ccccc2C(F)(F)F)CC1)c1ccccc1. The Morgan fingerprint density at radius 2 is 1.55 bits per heavy atom. The van der Waals surface area contributed by atoms with Gasteiger partial charge < -0.3 is 10.6 Å². The number of para-hydroxylation sites is 1. The Labute approximate surface area is 191 Å². The van der Waals surface area contributed by atoms with Gasteiger partial charge in [-0.15, -0.1) is 0 Å². The molecule has 6 nitrogen and oxygen atoms in total. The third-order valence-electron chi connectivity index (χ3n) is 5.87. The maximum absolute atomic E-state index is 13.1. The Hall–Kier alpha value is -2.91. The van der Waals surface area contributed by atoms with E-state index >= 15 is 0 Å². The van der Waals surface area contributed by atoms with Gasteiger partial charge in [0.2, 0.25) is 11.8 Å². The van der Waals surface area contributed by atoms with Crippen molar-refractivity contribution < 1.29 is 22.8 Å². The molecule has 0 radical (unpaired) electrons. The molecule has 2 aromatic rings. The third-order valence-corrected chi connectivity index (χ3v) is 5.87. The molecule has 9 heteroatoms. The summed E-state index contributed by atoms with van der Waals surface area (Å²) in [4.78, 5) is 28.9. The molecule has 1 aliphatic heterocycles. The van der Waals surface area contributed by atoms with Crippen LogP contribution in [0.5, 0.6) is 0 Å². The predicted molar refractivity (Wildman–Crippen MR) is 121 cm³/mol. The van der Waals surface area contributed by atoms with Gasteiger partial charge in [-0.3, -0.25) is 19.4 Å². The first-order valence-corrected chi connectivity index (χ1v) is 10.9. The van der Waals surface area contributed by atoms with Gasteiger partial charge in [-0.05, 0) is 31.5 Å². The van der Waals surface area contributed by atoms with E-state index in [4.69, 9.17) is 0 Å². The molecule has 0 aromatic heterocycles. The number of alkyl halides is 3. The third kappa shape index (κ3) is 6.79. The molecule has 0 saturated carbocycles. The van der Waals surface area contributed by atoms with Crippen molar-refractivity contribution in [2.24, 2.45) is 0 Å². The number of anilines is 1. The van der Waals surface area contributed by atoms with Crippen molar-refractivity contribution in [2.45, 2.75) is 32.1 Å². The van der Waals surface area contributed by atoms with Crippen molar-refractivity contribution in [1.82, 2.24) is 15.1 Å². The summed E-state index contributed by atoms with van der Waals surface area (Å²) >= 11 is 0. The van der Waals surface area contributed by atoms with Gasteiger partial charge in [0.1, 0.15) is 0 Å². The van der Waals surface area contributed by atoms with Crippen molar-refractivity contribution in [1.29, 1.82) is 0 Å². The molecule has 0 aliphatic carbocycles. The van der Waals surface area contributed by atoms with Gasteiger partial charge in [-0.1, -0.05) is 42.5 Å². The zero-order valence-electron chi connectivity index (χ0n) is 18.7. The van der Waals surface area contributed by atoms with E-state index in [1.807, 2.05) is 54.0 Å². The van der Waals surface area contributed by atoms with Crippen LogP contribution in [0.15, 0.2) is 54.6 Å². The number of carbonyl (C=O) groups is 2. The number of piperazine rings is 1. The fraction of sp³-hybridized carbons (Fsp3) is 0.417. The minimum absolute atomic E-state index is 0.00828. The van der Waals surface area contributed by atoms with Crippen LogP contribution < -0.4 is 10.6 Å². The van der Waals surface area contributed by atoms with Crippen LogP contribution in [0.25, 0.3) is 0 Å². The summed E-state index contributed by atoms with van der Waals surface area (Å²) in [5.74, 6) is -0.566. The lowest BCUT2D eigenvalue weighted by molar-refractivity contribution is -0.137. The predicted octanol–water partition coefficient (Wildman–Crippen LogP) is 3.53. The van der Waals surface area contributed by atoms with Crippen LogP contribution in [0.2, 0.25) is 0 Å². The summed E-state index contributed by atoms with van der Waals surface area (Å²) in [6.45, 7) is 6.03. The lowest BCUT2D eigenvalue weighted by atomic mass is 10.1. The van der Waals surface area contributed by atoms with Gasteiger partial charge in [0.25, 0.3) is 0 Å². The van der Waals surface area contributed by atoms with Crippen molar-refractivity contribution in [3.05, 3.63) is 65.7 Å². The Kier molecular flexibility index (Phi) is 8.10. The number of nitrogens with zero attached hydrogens (tertiary/aromatic N) is 2. The van der Waals surface area contributed by atoms with Crippen LogP contribution in [0.4, 0.5) is 18.9 Å². The highest BCUT2D eigenvalue weighted by atomic mass is 19.4. The van der Waals surface area contributed by atoms with Gasteiger partial charge in [-0.2, -0.15) is 13.2 Å². The first-order chi connectivity index (χ1) is 15.6. The smallest absolute Gasteiger partial charge is 0.348 e. The van der Waals surface area contributed by atoms with Crippen molar-refractivity contribution >= 4 is 17.5 Å². The quantitative estimate of drug-likeness (QED) is 0.661. The monoisotopic (exact) mass is 462 g/mol. The Balaban J connectivity index is 1.47. The molecule has 1 saturated heterocycles. The second-order valence-corrected chi connectivity index (χ2v) is 8.22. The molecule has 2 N–H and O–H groups in total. The molecule has 2 amide bonds. The fourth-order valence-corrected chi connectivity index (χ4v) is 3.87. The van der Waals surface area contributed by atoms with E-state index in [9.17, 15) is 22.8 Å². The van der Waals surface area contributed by atoms with Gasteiger partial charge in [0, 0.05) is 26.2 Å². The van der Waals surface area contributed by atoms with E-state index in [0.717, 1.165) is 11.6 Å². The van der Waals surface area contributed by atoms with E-state index in [-0.39, 0.29) is 30.2 Å². The highest BCUT2D eigenvalue weighted by Crippen LogP contribution is 2.34. The van der Waals surface area contributed by atoms with Crippen molar-refractivity contribution in [3.8, 4) is 0 Å². The number of carbonyl (C=O) groups excluding carboxylic acids is 2. The van der Waals surface area contributed by atoms with Gasteiger partial charge in [-0.25, -0.2) is 0 Å². The van der Waals surface area contributed by atoms with Crippen molar-refractivity contribution in [3.63, 3.8) is 0 Å². The molecule has 2 unspecified atom stereocenters. The summed E-state index contributed by atoms with van der Waals surface area (Å²) in [5.41, 5.74) is -0.0832. The first kappa shape index (κ1) is 24.7. The number of rotatable bonds is 7. The maximum Gasteiger partial charge on any atom is 0.418 e. The lowest BCUT2D eigenvalue weighted by Gasteiger charge is -2.37. The maximum atomic E-state index is 13.1. The Morgan fingerprint density at radius 1 is 0.939 bits per heavy atom. The molecule has 2 atom stereocenters. The highest BCUT2D eigenvalue weighted by molar-refractivity contribution is 5.93. The summed E-state index contributed by atoms with van der Waals surface area (Å²) < 4.78 is 39.4.